The number of aliphatic hydroxyl groups is 1. The number of aryl methyl sites for hydroxylation is 2. The average Bonchev–Trinajstić information content (AvgIpc) is 3.46. The summed E-state index contributed by atoms with van der Waals surface area (Å²) >= 11 is 0. The quantitative estimate of drug-likeness (QED) is 0.158. The lowest BCUT2D eigenvalue weighted by atomic mass is 9.96. The number of morpholine rings is 1. The second kappa shape index (κ2) is 12.9. The smallest absolute Gasteiger partial charge is 0.295 e. The van der Waals surface area contributed by atoms with Gasteiger partial charge in [0.1, 0.15) is 17.1 Å². The summed E-state index contributed by atoms with van der Waals surface area (Å²) in [6, 6.07) is 10.6. The first-order chi connectivity index (χ1) is 19.9. The summed E-state index contributed by atoms with van der Waals surface area (Å²) in [4.78, 5) is 35.5. The topological polar surface area (TPSA) is 96.6 Å². The van der Waals surface area contributed by atoms with E-state index in [0.717, 1.165) is 42.8 Å². The number of hydrogen-bond donors (Lipinski definition) is 1. The van der Waals surface area contributed by atoms with Crippen molar-refractivity contribution in [2.45, 2.75) is 52.5 Å². The number of aliphatic hydroxyl groups excluding tert-OH is 1. The number of unbranched alkanes of at least 4 members (excludes halogenated alkanes) is 3. The van der Waals surface area contributed by atoms with E-state index in [1.165, 1.54) is 12.8 Å². The Bertz CT molecular complexity index is 1420. The Morgan fingerprint density at radius 2 is 1.80 bits per heavy atom. The highest BCUT2D eigenvalue weighted by atomic mass is 16.5. The minimum Gasteiger partial charge on any atom is -0.505 e. The molecule has 0 spiro atoms. The number of benzene rings is 1. The first kappa shape index (κ1) is 28.8. The fraction of sp³-hybridized carbons (Fsp3) is 0.469. The van der Waals surface area contributed by atoms with Crippen molar-refractivity contribution in [2.24, 2.45) is 0 Å². The highest BCUT2D eigenvalue weighted by molar-refractivity contribution is 6.46. The van der Waals surface area contributed by atoms with E-state index < -0.39 is 17.7 Å². The molecule has 0 bridgehead atoms. The monoisotopic (exact) mass is 560 g/mol. The third-order valence-corrected chi connectivity index (χ3v) is 8.07. The van der Waals surface area contributed by atoms with Gasteiger partial charge in [0, 0.05) is 32.4 Å². The Balaban J connectivity index is 1.49. The van der Waals surface area contributed by atoms with Gasteiger partial charge in [0.25, 0.3) is 11.7 Å². The van der Waals surface area contributed by atoms with Crippen molar-refractivity contribution in [1.29, 1.82) is 0 Å². The van der Waals surface area contributed by atoms with Crippen molar-refractivity contribution < 1.29 is 24.2 Å². The van der Waals surface area contributed by atoms with Gasteiger partial charge in [-0.15, -0.1) is 0 Å². The molecule has 1 aromatic carbocycles. The molecule has 3 aromatic rings. The van der Waals surface area contributed by atoms with E-state index >= 15 is 0 Å². The van der Waals surface area contributed by atoms with Crippen molar-refractivity contribution in [1.82, 2.24) is 19.2 Å². The number of likely N-dealkylation sites (tertiary alicyclic amines) is 1. The van der Waals surface area contributed by atoms with E-state index in [9.17, 15) is 14.7 Å². The van der Waals surface area contributed by atoms with Crippen LogP contribution in [0.5, 0.6) is 5.75 Å². The molecule has 1 amide bonds. The van der Waals surface area contributed by atoms with Crippen LogP contribution in [0.1, 0.15) is 61.2 Å². The SMILES string of the molecule is CCCCCCOc1ccc(C2/C(=C(\O)c3nc4c(C)cccn4c3C)C(=O)C(=O)N2CCN2CCOCC2)cc1. The summed E-state index contributed by atoms with van der Waals surface area (Å²) in [5.41, 5.74) is 3.46. The summed E-state index contributed by atoms with van der Waals surface area (Å²) in [6.45, 7) is 10.4. The number of rotatable bonds is 11. The van der Waals surface area contributed by atoms with Crippen LogP contribution in [-0.2, 0) is 14.3 Å². The molecule has 0 radical (unpaired) electrons. The van der Waals surface area contributed by atoms with Crippen molar-refractivity contribution in [3.05, 3.63) is 70.7 Å². The molecule has 1 atom stereocenters. The molecule has 41 heavy (non-hydrogen) atoms. The van der Waals surface area contributed by atoms with Gasteiger partial charge >= 0.3 is 0 Å². The van der Waals surface area contributed by atoms with Crippen LogP contribution < -0.4 is 4.74 Å². The number of fused-ring (bicyclic) bond motifs is 1. The fourth-order valence-electron chi connectivity index (χ4n) is 5.67. The van der Waals surface area contributed by atoms with Gasteiger partial charge < -0.3 is 23.9 Å². The summed E-state index contributed by atoms with van der Waals surface area (Å²) in [6.07, 6.45) is 6.37. The Labute approximate surface area is 241 Å². The van der Waals surface area contributed by atoms with Crippen LogP contribution >= 0.6 is 0 Å². The lowest BCUT2D eigenvalue weighted by Crippen LogP contribution is -2.42. The summed E-state index contributed by atoms with van der Waals surface area (Å²) in [5, 5.41) is 11.6. The molecular weight excluding hydrogens is 520 g/mol. The maximum Gasteiger partial charge on any atom is 0.295 e. The van der Waals surface area contributed by atoms with Crippen LogP contribution in [0.25, 0.3) is 11.4 Å². The largest absolute Gasteiger partial charge is 0.505 e. The number of nitrogens with zero attached hydrogens (tertiary/aromatic N) is 4. The van der Waals surface area contributed by atoms with Crippen LogP contribution in [0.15, 0.2) is 48.2 Å². The average molecular weight is 561 g/mol. The van der Waals surface area contributed by atoms with E-state index in [1.54, 1.807) is 4.90 Å². The predicted molar refractivity (Wildman–Crippen MR) is 157 cm³/mol. The predicted octanol–water partition coefficient (Wildman–Crippen LogP) is 4.66. The molecule has 1 N–H and O–H groups in total. The number of carbonyl (C=O) groups excluding carboxylic acids is 2. The molecule has 9 heteroatoms. The molecule has 218 valence electrons. The normalized spacial score (nSPS) is 19.4. The maximum atomic E-state index is 13.6. The molecule has 9 nitrogen and oxygen atoms in total. The molecule has 2 saturated heterocycles. The second-order valence-corrected chi connectivity index (χ2v) is 10.9. The van der Waals surface area contributed by atoms with E-state index in [0.29, 0.717) is 49.9 Å². The maximum absolute atomic E-state index is 13.6. The molecule has 2 aliphatic heterocycles. The summed E-state index contributed by atoms with van der Waals surface area (Å²) in [7, 11) is 0. The number of imidazole rings is 1. The highest BCUT2D eigenvalue weighted by Crippen LogP contribution is 2.40. The number of Topliss-reactive ketones (excluding diaryl/α,β-unsaturated/α-hetero) is 1. The minimum absolute atomic E-state index is 0.0642. The lowest BCUT2D eigenvalue weighted by molar-refractivity contribution is -0.140. The number of hydrogen-bond acceptors (Lipinski definition) is 7. The third-order valence-electron chi connectivity index (χ3n) is 8.07. The molecule has 2 fully saturated rings. The zero-order valence-electron chi connectivity index (χ0n) is 24.3. The molecule has 2 aromatic heterocycles. The second-order valence-electron chi connectivity index (χ2n) is 10.9. The summed E-state index contributed by atoms with van der Waals surface area (Å²) < 4.78 is 13.3. The molecule has 1 unspecified atom stereocenters. The van der Waals surface area contributed by atoms with Crippen molar-refractivity contribution in [3.63, 3.8) is 0 Å². The number of amides is 1. The first-order valence-electron chi connectivity index (χ1n) is 14.7. The van der Waals surface area contributed by atoms with Crippen molar-refractivity contribution >= 4 is 23.1 Å². The fourth-order valence-corrected chi connectivity index (χ4v) is 5.67. The van der Waals surface area contributed by atoms with E-state index in [1.807, 2.05) is 60.8 Å². The van der Waals surface area contributed by atoms with Gasteiger partial charge in [-0.05, 0) is 49.6 Å². The molecule has 0 aliphatic carbocycles. The number of carbonyl (C=O) groups is 2. The highest BCUT2D eigenvalue weighted by Gasteiger charge is 2.46. The van der Waals surface area contributed by atoms with Gasteiger partial charge in [-0.3, -0.25) is 14.5 Å². The Hall–Kier alpha value is -3.69. The van der Waals surface area contributed by atoms with Gasteiger partial charge in [-0.1, -0.05) is 44.4 Å². The molecule has 2 aliphatic rings. The Morgan fingerprint density at radius 3 is 2.51 bits per heavy atom. The van der Waals surface area contributed by atoms with Crippen LogP contribution in [0.2, 0.25) is 0 Å². The molecular formula is C32H40N4O5. The third kappa shape index (κ3) is 6.01. The van der Waals surface area contributed by atoms with Gasteiger partial charge in [-0.2, -0.15) is 0 Å². The minimum atomic E-state index is -0.736. The van der Waals surface area contributed by atoms with Gasteiger partial charge in [0.15, 0.2) is 5.76 Å². The Kier molecular flexibility index (Phi) is 9.05. The molecule has 5 rings (SSSR count). The van der Waals surface area contributed by atoms with Gasteiger partial charge in [-0.25, -0.2) is 4.98 Å². The standard InChI is InChI=1S/C32H40N4O5/c1-4-5-6-7-19-41-25-12-10-24(11-13-25)28-26(29(37)27-23(3)35-14-8-9-22(2)31(35)33-27)30(38)32(39)36(28)16-15-34-17-20-40-21-18-34/h8-14,28,37H,4-7,15-21H2,1-3H3/b29-26+. The first-order valence-corrected chi connectivity index (χ1v) is 14.7. The summed E-state index contributed by atoms with van der Waals surface area (Å²) in [5.74, 6) is -0.821. The van der Waals surface area contributed by atoms with Crippen LogP contribution in [0.3, 0.4) is 0 Å². The zero-order chi connectivity index (χ0) is 28.9. The zero-order valence-corrected chi connectivity index (χ0v) is 24.3. The van der Waals surface area contributed by atoms with Crippen LogP contribution in [-0.4, -0.2) is 82.0 Å². The number of ketones is 1. The number of pyridine rings is 1. The van der Waals surface area contributed by atoms with Crippen molar-refractivity contribution in [2.75, 3.05) is 46.0 Å². The van der Waals surface area contributed by atoms with Crippen LogP contribution in [0, 0.1) is 13.8 Å². The molecule has 4 heterocycles. The van der Waals surface area contributed by atoms with E-state index in [4.69, 9.17) is 9.47 Å². The van der Waals surface area contributed by atoms with E-state index in [2.05, 4.69) is 16.8 Å². The van der Waals surface area contributed by atoms with Crippen molar-refractivity contribution in [3.8, 4) is 5.75 Å². The number of aromatic nitrogens is 2. The van der Waals surface area contributed by atoms with Crippen LogP contribution in [0.4, 0.5) is 0 Å². The van der Waals surface area contributed by atoms with E-state index in [-0.39, 0.29) is 11.3 Å². The van der Waals surface area contributed by atoms with Gasteiger partial charge in [0.05, 0.1) is 37.1 Å². The number of ether oxygens (including phenoxy) is 2. The Morgan fingerprint density at radius 1 is 1.05 bits per heavy atom. The lowest BCUT2D eigenvalue weighted by Gasteiger charge is -2.31. The van der Waals surface area contributed by atoms with Gasteiger partial charge in [0.2, 0.25) is 0 Å². The molecule has 0 saturated carbocycles.